The van der Waals surface area contributed by atoms with E-state index in [0.29, 0.717) is 36.6 Å². The van der Waals surface area contributed by atoms with E-state index in [-0.39, 0.29) is 0 Å². The number of hydrogen-bond donors (Lipinski definition) is 1. The van der Waals surface area contributed by atoms with Crippen LogP contribution >= 0.6 is 11.6 Å². The molecule has 2 aromatic carbocycles. The van der Waals surface area contributed by atoms with Gasteiger partial charge in [0.05, 0.1) is 13.2 Å². The van der Waals surface area contributed by atoms with E-state index in [0.717, 1.165) is 24.2 Å². The molecule has 4 heteroatoms. The first kappa shape index (κ1) is 19.6. The first-order valence-electron chi connectivity index (χ1n) is 8.99. The zero-order valence-electron chi connectivity index (χ0n) is 15.3. The van der Waals surface area contributed by atoms with Gasteiger partial charge in [-0.1, -0.05) is 41.9 Å². The fourth-order valence-electron chi connectivity index (χ4n) is 2.66. The molecule has 136 valence electrons. The number of ether oxygens (including phenoxy) is 2. The minimum absolute atomic E-state index is 0.401. The SMILES string of the molecule is CCOc1cc(Cl)c(CNC(C)CCc2ccccc2)cc1OCC. The van der Waals surface area contributed by atoms with Crippen molar-refractivity contribution < 1.29 is 9.47 Å². The Balaban J connectivity index is 1.93. The fourth-order valence-corrected chi connectivity index (χ4v) is 2.88. The van der Waals surface area contributed by atoms with Crippen molar-refractivity contribution in [3.8, 4) is 11.5 Å². The number of nitrogens with one attached hydrogen (secondary N) is 1. The van der Waals surface area contributed by atoms with Gasteiger partial charge < -0.3 is 14.8 Å². The molecular weight excluding hydrogens is 334 g/mol. The topological polar surface area (TPSA) is 30.5 Å². The highest BCUT2D eigenvalue weighted by Crippen LogP contribution is 2.33. The molecule has 2 rings (SSSR count). The first-order chi connectivity index (χ1) is 12.1. The molecule has 1 N–H and O–H groups in total. The van der Waals surface area contributed by atoms with E-state index in [2.05, 4.69) is 42.6 Å². The minimum atomic E-state index is 0.401. The van der Waals surface area contributed by atoms with E-state index in [1.807, 2.05) is 26.0 Å². The van der Waals surface area contributed by atoms with Gasteiger partial charge in [0.1, 0.15) is 0 Å². The average Bonchev–Trinajstić information content (AvgIpc) is 2.62. The molecule has 25 heavy (non-hydrogen) atoms. The van der Waals surface area contributed by atoms with Gasteiger partial charge in [-0.2, -0.15) is 0 Å². The summed E-state index contributed by atoms with van der Waals surface area (Å²) in [5.74, 6) is 1.46. The van der Waals surface area contributed by atoms with Crippen molar-refractivity contribution in [1.29, 1.82) is 0 Å². The Morgan fingerprint density at radius 3 is 2.28 bits per heavy atom. The molecule has 0 saturated carbocycles. The Morgan fingerprint density at radius 1 is 1.00 bits per heavy atom. The van der Waals surface area contributed by atoms with Gasteiger partial charge in [0, 0.05) is 23.7 Å². The highest BCUT2D eigenvalue weighted by Gasteiger charge is 2.12. The third kappa shape index (κ3) is 6.26. The van der Waals surface area contributed by atoms with E-state index in [9.17, 15) is 0 Å². The van der Waals surface area contributed by atoms with E-state index >= 15 is 0 Å². The largest absolute Gasteiger partial charge is 0.490 e. The van der Waals surface area contributed by atoms with Crippen molar-refractivity contribution in [3.05, 3.63) is 58.6 Å². The van der Waals surface area contributed by atoms with Crippen molar-refractivity contribution in [1.82, 2.24) is 5.32 Å². The molecule has 3 nitrogen and oxygen atoms in total. The molecule has 2 aromatic rings. The van der Waals surface area contributed by atoms with Crippen LogP contribution < -0.4 is 14.8 Å². The normalized spacial score (nSPS) is 12.0. The molecule has 1 atom stereocenters. The second-order valence-electron chi connectivity index (χ2n) is 6.06. The molecule has 0 aliphatic carbocycles. The van der Waals surface area contributed by atoms with Gasteiger partial charge in [0.2, 0.25) is 0 Å². The van der Waals surface area contributed by atoms with Crippen LogP contribution in [0, 0.1) is 0 Å². The number of rotatable bonds is 10. The van der Waals surface area contributed by atoms with Crippen molar-refractivity contribution in [2.45, 2.75) is 46.2 Å². The van der Waals surface area contributed by atoms with Crippen LogP contribution in [-0.2, 0) is 13.0 Å². The molecule has 0 spiro atoms. The highest BCUT2D eigenvalue weighted by molar-refractivity contribution is 6.31. The molecule has 0 radical (unpaired) electrons. The highest BCUT2D eigenvalue weighted by atomic mass is 35.5. The summed E-state index contributed by atoms with van der Waals surface area (Å²) in [4.78, 5) is 0. The summed E-state index contributed by atoms with van der Waals surface area (Å²) in [5, 5.41) is 4.25. The maximum Gasteiger partial charge on any atom is 0.162 e. The minimum Gasteiger partial charge on any atom is -0.490 e. The van der Waals surface area contributed by atoms with Gasteiger partial charge in [-0.25, -0.2) is 0 Å². The molecule has 0 bridgehead atoms. The van der Waals surface area contributed by atoms with Crippen molar-refractivity contribution in [3.63, 3.8) is 0 Å². The van der Waals surface area contributed by atoms with Crippen molar-refractivity contribution in [2.24, 2.45) is 0 Å². The van der Waals surface area contributed by atoms with Gasteiger partial charge in [-0.05, 0) is 50.8 Å². The summed E-state index contributed by atoms with van der Waals surface area (Å²) >= 11 is 6.42. The molecule has 0 saturated heterocycles. The zero-order chi connectivity index (χ0) is 18.1. The van der Waals surface area contributed by atoms with Gasteiger partial charge in [-0.3, -0.25) is 0 Å². The van der Waals surface area contributed by atoms with Crippen molar-refractivity contribution in [2.75, 3.05) is 13.2 Å². The van der Waals surface area contributed by atoms with E-state index in [1.165, 1.54) is 5.56 Å². The Labute approximate surface area is 156 Å². The lowest BCUT2D eigenvalue weighted by Crippen LogP contribution is -2.26. The number of hydrogen-bond acceptors (Lipinski definition) is 3. The number of aryl methyl sites for hydroxylation is 1. The van der Waals surface area contributed by atoms with Crippen LogP contribution in [0.25, 0.3) is 0 Å². The molecular formula is C21H28ClNO2. The van der Waals surface area contributed by atoms with Gasteiger partial charge >= 0.3 is 0 Å². The lowest BCUT2D eigenvalue weighted by Gasteiger charge is -2.17. The van der Waals surface area contributed by atoms with E-state index in [4.69, 9.17) is 21.1 Å². The summed E-state index contributed by atoms with van der Waals surface area (Å²) in [7, 11) is 0. The number of halogens is 1. The lowest BCUT2D eigenvalue weighted by atomic mass is 10.1. The summed E-state index contributed by atoms with van der Waals surface area (Å²) in [5.41, 5.74) is 2.40. The van der Waals surface area contributed by atoms with Crippen LogP contribution in [-0.4, -0.2) is 19.3 Å². The van der Waals surface area contributed by atoms with Crippen LogP contribution in [0.1, 0.15) is 38.3 Å². The monoisotopic (exact) mass is 361 g/mol. The molecule has 0 aromatic heterocycles. The molecule has 0 aliphatic rings. The quantitative estimate of drug-likeness (QED) is 0.627. The third-order valence-electron chi connectivity index (χ3n) is 4.06. The summed E-state index contributed by atoms with van der Waals surface area (Å²) < 4.78 is 11.3. The summed E-state index contributed by atoms with van der Waals surface area (Å²) in [6, 6.07) is 14.8. The van der Waals surface area contributed by atoms with Crippen LogP contribution in [0.15, 0.2) is 42.5 Å². The van der Waals surface area contributed by atoms with Crippen LogP contribution in [0.3, 0.4) is 0 Å². The molecule has 0 amide bonds. The average molecular weight is 362 g/mol. The Morgan fingerprint density at radius 2 is 1.64 bits per heavy atom. The van der Waals surface area contributed by atoms with Gasteiger partial charge in [-0.15, -0.1) is 0 Å². The lowest BCUT2D eigenvalue weighted by molar-refractivity contribution is 0.287. The zero-order valence-corrected chi connectivity index (χ0v) is 16.1. The van der Waals surface area contributed by atoms with Crippen LogP contribution in [0.2, 0.25) is 5.02 Å². The smallest absolute Gasteiger partial charge is 0.162 e. The Kier molecular flexibility index (Phi) is 8.10. The predicted octanol–water partition coefficient (Wildman–Crippen LogP) is 5.25. The number of benzene rings is 2. The third-order valence-corrected chi connectivity index (χ3v) is 4.41. The summed E-state index contributed by atoms with van der Waals surface area (Å²) in [6.45, 7) is 8.02. The van der Waals surface area contributed by atoms with E-state index in [1.54, 1.807) is 0 Å². The first-order valence-corrected chi connectivity index (χ1v) is 9.37. The second-order valence-corrected chi connectivity index (χ2v) is 6.47. The standard InChI is InChI=1S/C21H28ClNO2/c1-4-24-20-13-18(19(22)14-21(20)25-5-2)15-23-16(3)11-12-17-9-7-6-8-10-17/h6-10,13-14,16,23H,4-5,11-12,15H2,1-3H3. The second kappa shape index (κ2) is 10.3. The summed E-state index contributed by atoms with van der Waals surface area (Å²) in [6.07, 6.45) is 2.15. The maximum absolute atomic E-state index is 6.42. The molecule has 0 fully saturated rings. The van der Waals surface area contributed by atoms with Crippen LogP contribution in [0.5, 0.6) is 11.5 Å². The maximum atomic E-state index is 6.42. The Bertz CT molecular complexity index is 646. The fraction of sp³-hybridized carbons (Fsp3) is 0.429. The molecule has 0 aliphatic heterocycles. The molecule has 0 heterocycles. The van der Waals surface area contributed by atoms with Crippen LogP contribution in [0.4, 0.5) is 0 Å². The van der Waals surface area contributed by atoms with Gasteiger partial charge in [0.25, 0.3) is 0 Å². The predicted molar refractivity (Wildman–Crippen MR) is 105 cm³/mol. The molecule has 1 unspecified atom stereocenters. The van der Waals surface area contributed by atoms with E-state index < -0.39 is 0 Å². The van der Waals surface area contributed by atoms with Gasteiger partial charge in [0.15, 0.2) is 11.5 Å². The van der Waals surface area contributed by atoms with Crippen molar-refractivity contribution >= 4 is 11.6 Å². The Hall–Kier alpha value is -1.71.